The van der Waals surface area contributed by atoms with Crippen LogP contribution in [0.4, 0.5) is 14.6 Å². The van der Waals surface area contributed by atoms with Crippen LogP contribution in [-0.4, -0.2) is 57.1 Å². The highest BCUT2D eigenvalue weighted by molar-refractivity contribution is 5.64. The molecule has 3 fully saturated rings. The molecule has 2 aliphatic carbocycles. The molecule has 7 nitrogen and oxygen atoms in total. The van der Waals surface area contributed by atoms with Crippen molar-refractivity contribution in [3.63, 3.8) is 0 Å². The number of halogens is 2. The lowest BCUT2D eigenvalue weighted by atomic mass is 9.94. The van der Waals surface area contributed by atoms with E-state index in [2.05, 4.69) is 39.2 Å². The topological polar surface area (TPSA) is 89.4 Å². The van der Waals surface area contributed by atoms with Gasteiger partial charge >= 0.3 is 6.61 Å². The van der Waals surface area contributed by atoms with E-state index in [0.717, 1.165) is 13.1 Å². The van der Waals surface area contributed by atoms with E-state index in [1.807, 2.05) is 0 Å². The first-order chi connectivity index (χ1) is 14.9. The number of alkyl halides is 2. The highest BCUT2D eigenvalue weighted by Crippen LogP contribution is 2.64. The van der Waals surface area contributed by atoms with Crippen LogP contribution in [0, 0.1) is 17.8 Å². The van der Waals surface area contributed by atoms with Crippen LogP contribution in [0.15, 0.2) is 18.3 Å². The van der Waals surface area contributed by atoms with Gasteiger partial charge in [0.2, 0.25) is 0 Å². The quantitative estimate of drug-likeness (QED) is 0.697. The number of nitrogens with two attached hydrogens (primary N) is 1. The second kappa shape index (κ2) is 7.70. The lowest BCUT2D eigenvalue weighted by Gasteiger charge is -2.43. The minimum Gasteiger partial charge on any atom is -0.431 e. The molecule has 2 saturated carbocycles. The molecular formula is C22H29F2N5O2. The van der Waals surface area contributed by atoms with Gasteiger partial charge in [0.05, 0.1) is 5.69 Å². The number of ether oxygens (including phenoxy) is 1. The average Bonchev–Trinajstić information content (AvgIpc) is 3.05. The molecule has 0 amide bonds. The molecule has 1 aliphatic heterocycles. The van der Waals surface area contributed by atoms with Gasteiger partial charge in [-0.3, -0.25) is 9.58 Å². The molecular weight excluding hydrogens is 404 g/mol. The van der Waals surface area contributed by atoms with E-state index in [1.54, 1.807) is 6.20 Å². The second-order valence-corrected chi connectivity index (χ2v) is 9.46. The number of anilines is 1. The van der Waals surface area contributed by atoms with Crippen molar-refractivity contribution in [2.45, 2.75) is 51.3 Å². The van der Waals surface area contributed by atoms with Crippen LogP contribution >= 0.6 is 0 Å². The highest BCUT2D eigenvalue weighted by atomic mass is 19.3. The third-order valence-electron chi connectivity index (χ3n) is 7.17. The van der Waals surface area contributed by atoms with Crippen LogP contribution in [0.5, 0.6) is 5.75 Å². The van der Waals surface area contributed by atoms with Crippen molar-refractivity contribution >= 4 is 5.82 Å². The molecule has 4 atom stereocenters. The van der Waals surface area contributed by atoms with Gasteiger partial charge in [-0.25, -0.2) is 4.98 Å². The Bertz CT molecular complexity index is 947. The number of aliphatic hydroxyl groups is 1. The molecule has 0 unspecified atom stereocenters. The molecule has 3 N–H and O–H groups in total. The van der Waals surface area contributed by atoms with Gasteiger partial charge in [0.15, 0.2) is 11.6 Å². The fourth-order valence-electron chi connectivity index (χ4n) is 5.57. The third-order valence-corrected chi connectivity index (χ3v) is 7.17. The number of likely N-dealkylation sites (tertiary alicyclic amines) is 1. The Morgan fingerprint density at radius 2 is 1.94 bits per heavy atom. The van der Waals surface area contributed by atoms with Gasteiger partial charge in [0, 0.05) is 61.1 Å². The maximum absolute atomic E-state index is 12.7. The zero-order chi connectivity index (χ0) is 21.9. The van der Waals surface area contributed by atoms with E-state index in [9.17, 15) is 13.9 Å². The minimum absolute atomic E-state index is 0.0650. The van der Waals surface area contributed by atoms with Gasteiger partial charge < -0.3 is 15.6 Å². The summed E-state index contributed by atoms with van der Waals surface area (Å²) in [5.74, 6) is 2.09. The fourth-order valence-corrected chi connectivity index (χ4v) is 5.57. The number of hydrogen-bond donors (Lipinski definition) is 2. The maximum atomic E-state index is 12.7. The summed E-state index contributed by atoms with van der Waals surface area (Å²) >= 11 is 0. The van der Waals surface area contributed by atoms with E-state index in [0.29, 0.717) is 47.6 Å². The Labute approximate surface area is 180 Å². The third kappa shape index (κ3) is 3.67. The molecule has 1 saturated heterocycles. The smallest absolute Gasteiger partial charge is 0.387 e. The Morgan fingerprint density at radius 1 is 1.23 bits per heavy atom. The first kappa shape index (κ1) is 20.6. The number of aliphatic hydroxyl groups excluding tert-OH is 1. The molecule has 3 heterocycles. The standard InChI is InChI=1S/C22H29F2N5O2/c1-11(2)29-18(20-15-4-14(5-16(15)20)28-8-12(9-28)10-30)6-17(27-29)13-3-19(31-22(23)24)21(25)26-7-13/h3,6-7,11-12,14-16,20,22,30H,4-5,8-10H2,1-2H3,(H2,25,26)/t14-,15-,16+,20+. The number of pyridine rings is 1. The number of fused-ring (bicyclic) bond motifs is 1. The summed E-state index contributed by atoms with van der Waals surface area (Å²) in [7, 11) is 0. The Hall–Kier alpha value is -2.26. The number of aromatic nitrogens is 3. The summed E-state index contributed by atoms with van der Waals surface area (Å²) in [6.07, 6.45) is 3.94. The van der Waals surface area contributed by atoms with Crippen LogP contribution in [0.2, 0.25) is 0 Å². The fraction of sp³-hybridized carbons (Fsp3) is 0.636. The largest absolute Gasteiger partial charge is 0.431 e. The van der Waals surface area contributed by atoms with E-state index in [1.165, 1.54) is 24.6 Å². The van der Waals surface area contributed by atoms with E-state index in [-0.39, 0.29) is 17.6 Å². The summed E-state index contributed by atoms with van der Waals surface area (Å²) in [4.78, 5) is 6.53. The number of rotatable bonds is 7. The van der Waals surface area contributed by atoms with Crippen molar-refractivity contribution in [2.24, 2.45) is 17.8 Å². The summed E-state index contributed by atoms with van der Waals surface area (Å²) < 4.78 is 31.9. The summed E-state index contributed by atoms with van der Waals surface area (Å²) in [6, 6.07) is 4.39. The molecule has 3 aliphatic rings. The van der Waals surface area contributed by atoms with E-state index < -0.39 is 6.61 Å². The second-order valence-electron chi connectivity index (χ2n) is 9.46. The minimum atomic E-state index is -2.96. The predicted octanol–water partition coefficient (Wildman–Crippen LogP) is 3.13. The number of nitrogens with zero attached hydrogens (tertiary/aromatic N) is 4. The van der Waals surface area contributed by atoms with Crippen LogP contribution in [0.3, 0.4) is 0 Å². The molecule has 5 rings (SSSR count). The highest BCUT2D eigenvalue weighted by Gasteiger charge is 2.59. The van der Waals surface area contributed by atoms with Crippen LogP contribution in [-0.2, 0) is 0 Å². The molecule has 9 heteroatoms. The van der Waals surface area contributed by atoms with Crippen molar-refractivity contribution in [3.8, 4) is 17.0 Å². The monoisotopic (exact) mass is 433 g/mol. The van der Waals surface area contributed by atoms with Crippen molar-refractivity contribution in [3.05, 3.63) is 24.0 Å². The Morgan fingerprint density at radius 3 is 2.55 bits per heavy atom. The van der Waals surface area contributed by atoms with Crippen LogP contribution in [0.1, 0.15) is 44.3 Å². The average molecular weight is 434 g/mol. The molecule has 168 valence electrons. The number of nitrogen functional groups attached to an aromatic ring is 1. The maximum Gasteiger partial charge on any atom is 0.387 e. The molecule has 2 aromatic heterocycles. The van der Waals surface area contributed by atoms with E-state index >= 15 is 0 Å². The van der Waals surface area contributed by atoms with Crippen molar-refractivity contribution in [1.29, 1.82) is 0 Å². The Kier molecular flexibility index (Phi) is 5.13. The van der Waals surface area contributed by atoms with Crippen molar-refractivity contribution < 1.29 is 18.6 Å². The van der Waals surface area contributed by atoms with Crippen LogP contribution in [0.25, 0.3) is 11.3 Å². The zero-order valence-electron chi connectivity index (χ0n) is 17.8. The van der Waals surface area contributed by atoms with Gasteiger partial charge in [-0.1, -0.05) is 0 Å². The van der Waals surface area contributed by atoms with E-state index in [4.69, 9.17) is 10.8 Å². The summed E-state index contributed by atoms with van der Waals surface area (Å²) in [5.41, 5.74) is 8.20. The molecule has 0 aromatic carbocycles. The molecule has 0 bridgehead atoms. The first-order valence-electron chi connectivity index (χ1n) is 11.0. The van der Waals surface area contributed by atoms with Gasteiger partial charge in [-0.15, -0.1) is 0 Å². The lowest BCUT2D eigenvalue weighted by Crippen LogP contribution is -2.52. The molecule has 2 aromatic rings. The first-order valence-corrected chi connectivity index (χ1v) is 11.0. The molecule has 0 radical (unpaired) electrons. The lowest BCUT2D eigenvalue weighted by molar-refractivity contribution is -0.0494. The van der Waals surface area contributed by atoms with Gasteiger partial charge in [0.1, 0.15) is 0 Å². The predicted molar refractivity (Wildman–Crippen MR) is 112 cm³/mol. The zero-order valence-corrected chi connectivity index (χ0v) is 17.8. The van der Waals surface area contributed by atoms with Crippen molar-refractivity contribution in [1.82, 2.24) is 19.7 Å². The molecule has 31 heavy (non-hydrogen) atoms. The molecule has 0 spiro atoms. The normalized spacial score (nSPS) is 28.2. The van der Waals surface area contributed by atoms with Gasteiger partial charge in [-0.2, -0.15) is 13.9 Å². The van der Waals surface area contributed by atoms with Gasteiger partial charge in [0.25, 0.3) is 0 Å². The SMILES string of the molecule is CC(C)n1nc(-c2cnc(N)c(OC(F)F)c2)cc1[C@H]1[C@@H]2C[C@@H](N3CC(CO)C3)C[C@@H]21. The van der Waals surface area contributed by atoms with Gasteiger partial charge in [-0.05, 0) is 50.7 Å². The summed E-state index contributed by atoms with van der Waals surface area (Å²) in [6.45, 7) is 3.57. The Balaban J connectivity index is 1.34. The summed E-state index contributed by atoms with van der Waals surface area (Å²) in [5, 5.41) is 14.0. The van der Waals surface area contributed by atoms with Crippen molar-refractivity contribution in [2.75, 3.05) is 25.4 Å². The number of hydrogen-bond acceptors (Lipinski definition) is 6. The van der Waals surface area contributed by atoms with Crippen LogP contribution < -0.4 is 10.5 Å².